The number of carbonyl (C=O) groups excluding carboxylic acids is 1. The highest BCUT2D eigenvalue weighted by Crippen LogP contribution is 2.37. The molecule has 0 saturated carbocycles. The van der Waals surface area contributed by atoms with E-state index in [0.717, 1.165) is 29.1 Å². The smallest absolute Gasteiger partial charge is 0.257 e. The Bertz CT molecular complexity index is 1300. The number of amides is 1. The number of rotatable bonds is 5. The van der Waals surface area contributed by atoms with E-state index in [-0.39, 0.29) is 29.6 Å². The predicted molar refractivity (Wildman–Crippen MR) is 128 cm³/mol. The molecule has 1 N–H and O–H groups in total. The van der Waals surface area contributed by atoms with Gasteiger partial charge in [0, 0.05) is 23.5 Å². The lowest BCUT2D eigenvalue weighted by atomic mass is 10.0. The van der Waals surface area contributed by atoms with Crippen LogP contribution in [0.1, 0.15) is 51.5 Å². The van der Waals surface area contributed by atoms with Crippen LogP contribution in [0.2, 0.25) is 0 Å². The number of hydrogen-bond acceptors (Lipinski definition) is 5. The molecule has 3 heterocycles. The molecule has 7 nitrogen and oxygen atoms in total. The number of anilines is 1. The summed E-state index contributed by atoms with van der Waals surface area (Å²) in [6.07, 6.45) is 0.935. The number of aryl methyl sites for hydroxylation is 1. The van der Waals surface area contributed by atoms with E-state index in [1.54, 1.807) is 0 Å². The molecule has 2 aliphatic heterocycles. The summed E-state index contributed by atoms with van der Waals surface area (Å²) in [5, 5.41) is 8.31. The van der Waals surface area contributed by atoms with Gasteiger partial charge in [0.1, 0.15) is 6.17 Å². The van der Waals surface area contributed by atoms with Gasteiger partial charge in [-0.25, -0.2) is 8.42 Å². The minimum atomic E-state index is -3.03. The van der Waals surface area contributed by atoms with E-state index in [9.17, 15) is 13.2 Å². The molecule has 0 unspecified atom stereocenters. The van der Waals surface area contributed by atoms with Crippen molar-refractivity contribution >= 4 is 21.4 Å². The Labute approximate surface area is 194 Å². The molecule has 1 fully saturated rings. The summed E-state index contributed by atoms with van der Waals surface area (Å²) < 4.78 is 26.0. The second-order valence-electron chi connectivity index (χ2n) is 8.91. The fraction of sp³-hybridized carbons (Fsp3) is 0.360. The number of para-hydroxylation sites is 1. The van der Waals surface area contributed by atoms with Crippen molar-refractivity contribution < 1.29 is 13.2 Å². The number of benzene rings is 2. The van der Waals surface area contributed by atoms with Crippen LogP contribution in [0.25, 0.3) is 0 Å². The first-order chi connectivity index (χ1) is 15.8. The lowest BCUT2D eigenvalue weighted by Crippen LogP contribution is -2.44. The summed E-state index contributed by atoms with van der Waals surface area (Å²) in [6.45, 7) is 4.46. The summed E-state index contributed by atoms with van der Waals surface area (Å²) in [4.78, 5) is 15.4. The Morgan fingerprint density at radius 2 is 1.79 bits per heavy atom. The monoisotopic (exact) mass is 464 g/mol. The van der Waals surface area contributed by atoms with Crippen molar-refractivity contribution in [3.63, 3.8) is 0 Å². The van der Waals surface area contributed by atoms with Crippen molar-refractivity contribution in [2.24, 2.45) is 0 Å². The molecule has 1 saturated heterocycles. The highest BCUT2D eigenvalue weighted by atomic mass is 32.2. The molecular formula is C25H28N4O3S. The minimum Gasteiger partial charge on any atom is -0.361 e. The first kappa shape index (κ1) is 21.7. The number of sulfone groups is 1. The average molecular weight is 465 g/mol. The summed E-state index contributed by atoms with van der Waals surface area (Å²) >= 11 is 0. The fourth-order valence-corrected chi connectivity index (χ4v) is 6.73. The molecule has 5 rings (SSSR count). The van der Waals surface area contributed by atoms with Crippen LogP contribution in [-0.4, -0.2) is 47.1 Å². The van der Waals surface area contributed by atoms with Crippen LogP contribution in [0.3, 0.4) is 0 Å². The van der Waals surface area contributed by atoms with Crippen molar-refractivity contribution in [2.45, 2.75) is 38.9 Å². The average Bonchev–Trinajstić information content (AvgIpc) is 3.31. The highest BCUT2D eigenvalue weighted by Gasteiger charge is 2.37. The number of nitrogens with zero attached hydrogens (tertiary/aromatic N) is 3. The number of carbonyl (C=O) groups is 1. The van der Waals surface area contributed by atoms with Crippen LogP contribution >= 0.6 is 0 Å². The summed E-state index contributed by atoms with van der Waals surface area (Å²) in [5.74, 6) is 0.300. The second-order valence-corrected chi connectivity index (χ2v) is 11.1. The molecule has 0 bridgehead atoms. The fourth-order valence-electron chi connectivity index (χ4n) is 5.04. The van der Waals surface area contributed by atoms with Gasteiger partial charge in [0.25, 0.3) is 5.91 Å². The van der Waals surface area contributed by atoms with E-state index in [4.69, 9.17) is 5.10 Å². The summed E-state index contributed by atoms with van der Waals surface area (Å²) in [6, 6.07) is 17.5. The number of nitrogens with one attached hydrogen (secondary N) is 1. The van der Waals surface area contributed by atoms with Crippen molar-refractivity contribution in [3.05, 3.63) is 82.7 Å². The zero-order valence-corrected chi connectivity index (χ0v) is 19.7. The van der Waals surface area contributed by atoms with E-state index >= 15 is 0 Å². The largest absolute Gasteiger partial charge is 0.361 e. The molecule has 0 spiro atoms. The molecule has 33 heavy (non-hydrogen) atoms. The topological polar surface area (TPSA) is 84.3 Å². The summed E-state index contributed by atoms with van der Waals surface area (Å²) in [7, 11) is -3.03. The van der Waals surface area contributed by atoms with Gasteiger partial charge in [0.15, 0.2) is 9.84 Å². The minimum absolute atomic E-state index is 0.0136. The first-order valence-electron chi connectivity index (χ1n) is 11.3. The molecule has 1 amide bonds. The standard InChI is InChI=1S/C25H28N4O3S/c1-17-23(18(2)29(27-17)20-13-15-33(31,32)16-20)24-26-22-11-7-6-10-21(22)25(30)28(24)14-12-19-8-4-3-5-9-19/h3-11,20,24,26H,12-16H2,1-2H3/t20-,24+/m0/s1. The first-order valence-corrected chi connectivity index (χ1v) is 13.1. The molecule has 1 aromatic heterocycles. The van der Waals surface area contributed by atoms with Crippen LogP contribution in [0.5, 0.6) is 0 Å². The maximum absolute atomic E-state index is 13.6. The van der Waals surface area contributed by atoms with Crippen LogP contribution < -0.4 is 5.32 Å². The van der Waals surface area contributed by atoms with Gasteiger partial charge in [-0.1, -0.05) is 42.5 Å². The van der Waals surface area contributed by atoms with Gasteiger partial charge in [0.2, 0.25) is 0 Å². The van der Waals surface area contributed by atoms with E-state index in [1.165, 1.54) is 5.56 Å². The third kappa shape index (κ3) is 4.04. The van der Waals surface area contributed by atoms with Gasteiger partial charge < -0.3 is 10.2 Å². The van der Waals surface area contributed by atoms with Crippen LogP contribution in [0.4, 0.5) is 5.69 Å². The van der Waals surface area contributed by atoms with Crippen molar-refractivity contribution in [3.8, 4) is 0 Å². The number of hydrogen-bond donors (Lipinski definition) is 1. The van der Waals surface area contributed by atoms with Crippen molar-refractivity contribution in [1.82, 2.24) is 14.7 Å². The second kappa shape index (κ2) is 8.33. The molecule has 172 valence electrons. The Balaban J connectivity index is 1.52. The van der Waals surface area contributed by atoms with E-state index in [2.05, 4.69) is 17.4 Å². The zero-order chi connectivity index (χ0) is 23.2. The summed E-state index contributed by atoms with van der Waals surface area (Å²) in [5.41, 5.74) is 5.29. The normalized spacial score (nSPS) is 21.6. The van der Waals surface area contributed by atoms with Gasteiger partial charge in [0.05, 0.1) is 28.8 Å². The highest BCUT2D eigenvalue weighted by molar-refractivity contribution is 7.91. The van der Waals surface area contributed by atoms with Crippen LogP contribution in [0, 0.1) is 13.8 Å². The molecular weight excluding hydrogens is 436 g/mol. The molecule has 8 heteroatoms. The lowest BCUT2D eigenvalue weighted by Gasteiger charge is -2.38. The molecule has 0 aliphatic carbocycles. The molecule has 0 radical (unpaired) electrons. The van der Waals surface area contributed by atoms with E-state index < -0.39 is 9.84 Å². The van der Waals surface area contributed by atoms with E-state index in [1.807, 2.05) is 65.9 Å². The van der Waals surface area contributed by atoms with Gasteiger partial charge in [-0.05, 0) is 44.4 Å². The maximum atomic E-state index is 13.6. The predicted octanol–water partition coefficient (Wildman–Crippen LogP) is 3.67. The van der Waals surface area contributed by atoms with Gasteiger partial charge >= 0.3 is 0 Å². The van der Waals surface area contributed by atoms with Crippen LogP contribution in [0.15, 0.2) is 54.6 Å². The Hall–Kier alpha value is -3.13. The Kier molecular flexibility index (Phi) is 5.48. The zero-order valence-electron chi connectivity index (χ0n) is 18.9. The lowest BCUT2D eigenvalue weighted by molar-refractivity contribution is 0.0684. The van der Waals surface area contributed by atoms with Gasteiger partial charge in [-0.2, -0.15) is 5.10 Å². The van der Waals surface area contributed by atoms with E-state index in [0.29, 0.717) is 18.5 Å². The Morgan fingerprint density at radius 1 is 1.06 bits per heavy atom. The molecule has 3 aromatic rings. The molecule has 2 aromatic carbocycles. The van der Waals surface area contributed by atoms with Gasteiger partial charge in [-0.3, -0.25) is 9.48 Å². The number of fused-ring (bicyclic) bond motifs is 1. The quantitative estimate of drug-likeness (QED) is 0.623. The Morgan fingerprint density at radius 3 is 2.52 bits per heavy atom. The molecule has 2 aliphatic rings. The van der Waals surface area contributed by atoms with Gasteiger partial charge in [-0.15, -0.1) is 0 Å². The van der Waals surface area contributed by atoms with Crippen molar-refractivity contribution in [1.29, 1.82) is 0 Å². The molecule has 2 atom stereocenters. The maximum Gasteiger partial charge on any atom is 0.257 e. The number of aromatic nitrogens is 2. The van der Waals surface area contributed by atoms with Crippen molar-refractivity contribution in [2.75, 3.05) is 23.4 Å². The third-order valence-electron chi connectivity index (χ3n) is 6.72. The van der Waals surface area contributed by atoms with Crippen LogP contribution in [-0.2, 0) is 16.3 Å². The SMILES string of the molecule is Cc1nn([C@H]2CCS(=O)(=O)C2)c(C)c1[C@@H]1Nc2ccccc2C(=O)N1CCc1ccccc1. The third-order valence-corrected chi connectivity index (χ3v) is 8.47.